The summed E-state index contributed by atoms with van der Waals surface area (Å²) >= 11 is 0. The first kappa shape index (κ1) is 14.2. The van der Waals surface area contributed by atoms with Crippen molar-refractivity contribution in [2.75, 3.05) is 29.9 Å². The fraction of sp³-hybridized carbons (Fsp3) is 0.688. The number of nitrogens with one attached hydrogen (secondary N) is 1. The Morgan fingerprint density at radius 1 is 1.16 bits per heavy atom. The molecule has 1 N–H and O–H groups in total. The van der Waals surface area contributed by atoms with Gasteiger partial charge in [-0.05, 0) is 44.7 Å². The van der Waals surface area contributed by atoms with E-state index in [1.165, 1.54) is 32.1 Å². The lowest BCUT2D eigenvalue weighted by Crippen LogP contribution is -2.23. The van der Waals surface area contributed by atoms with Gasteiger partial charge in [-0.25, -0.2) is 4.98 Å². The number of hydrogen-bond acceptors (Lipinski definition) is 3. The van der Waals surface area contributed by atoms with Crippen molar-refractivity contribution in [3.05, 3.63) is 18.3 Å². The zero-order valence-corrected chi connectivity index (χ0v) is 12.4. The van der Waals surface area contributed by atoms with E-state index in [-0.39, 0.29) is 0 Å². The average Bonchev–Trinajstić information content (AvgIpc) is 2.49. The van der Waals surface area contributed by atoms with Crippen LogP contribution >= 0.6 is 0 Å². The molecule has 106 valence electrons. The van der Waals surface area contributed by atoms with E-state index in [0.29, 0.717) is 0 Å². The Labute approximate surface area is 117 Å². The van der Waals surface area contributed by atoms with E-state index in [9.17, 15) is 0 Å². The highest BCUT2D eigenvalue weighted by atomic mass is 15.2. The molecule has 3 heteroatoms. The Hall–Kier alpha value is -1.25. The Kier molecular flexibility index (Phi) is 5.49. The van der Waals surface area contributed by atoms with Crippen molar-refractivity contribution < 1.29 is 0 Å². The molecule has 0 radical (unpaired) electrons. The first-order valence-corrected chi connectivity index (χ1v) is 7.78. The van der Waals surface area contributed by atoms with Gasteiger partial charge >= 0.3 is 0 Å². The van der Waals surface area contributed by atoms with Crippen LogP contribution in [-0.4, -0.2) is 24.6 Å². The smallest absolute Gasteiger partial charge is 0.128 e. The van der Waals surface area contributed by atoms with Crippen molar-refractivity contribution in [2.45, 2.75) is 46.0 Å². The molecule has 1 saturated carbocycles. The minimum absolute atomic E-state index is 0.858. The van der Waals surface area contributed by atoms with Crippen LogP contribution in [0.5, 0.6) is 0 Å². The fourth-order valence-corrected chi connectivity index (χ4v) is 2.88. The maximum absolute atomic E-state index is 4.55. The molecule has 0 spiro atoms. The molecule has 19 heavy (non-hydrogen) atoms. The van der Waals surface area contributed by atoms with Gasteiger partial charge in [-0.1, -0.05) is 19.3 Å². The average molecular weight is 261 g/mol. The summed E-state index contributed by atoms with van der Waals surface area (Å²) in [5.74, 6) is 1.93. The Bertz CT molecular complexity index is 351. The van der Waals surface area contributed by atoms with E-state index < -0.39 is 0 Å². The number of hydrogen-bond donors (Lipinski definition) is 1. The molecule has 3 nitrogen and oxygen atoms in total. The van der Waals surface area contributed by atoms with Gasteiger partial charge in [0.25, 0.3) is 0 Å². The molecule has 0 bridgehead atoms. The number of pyridine rings is 1. The van der Waals surface area contributed by atoms with Crippen LogP contribution < -0.4 is 10.2 Å². The Morgan fingerprint density at radius 2 is 1.89 bits per heavy atom. The lowest BCUT2D eigenvalue weighted by atomic mass is 9.89. The summed E-state index contributed by atoms with van der Waals surface area (Å²) < 4.78 is 0. The van der Waals surface area contributed by atoms with E-state index >= 15 is 0 Å². The topological polar surface area (TPSA) is 28.2 Å². The maximum atomic E-state index is 4.55. The van der Waals surface area contributed by atoms with Gasteiger partial charge in [0.1, 0.15) is 5.82 Å². The van der Waals surface area contributed by atoms with Gasteiger partial charge < -0.3 is 10.2 Å². The van der Waals surface area contributed by atoms with E-state index in [1.807, 2.05) is 6.20 Å². The Balaban J connectivity index is 1.84. The molecule has 0 saturated heterocycles. The molecule has 0 amide bonds. The molecule has 1 aliphatic carbocycles. The molecule has 0 unspecified atom stereocenters. The molecule has 0 aromatic carbocycles. The van der Waals surface area contributed by atoms with Gasteiger partial charge in [0.05, 0.1) is 11.9 Å². The molecule has 0 atom stereocenters. The normalized spacial score (nSPS) is 16.3. The van der Waals surface area contributed by atoms with Gasteiger partial charge in [0.2, 0.25) is 0 Å². The van der Waals surface area contributed by atoms with Crippen LogP contribution in [0.4, 0.5) is 11.5 Å². The van der Waals surface area contributed by atoms with Crippen LogP contribution in [0.1, 0.15) is 46.0 Å². The molecule has 1 heterocycles. The molecular formula is C16H27N3. The molecule has 1 aromatic heterocycles. The lowest BCUT2D eigenvalue weighted by molar-refractivity contribution is 0.373. The maximum Gasteiger partial charge on any atom is 0.128 e. The van der Waals surface area contributed by atoms with Crippen LogP contribution in [0.2, 0.25) is 0 Å². The minimum Gasteiger partial charge on any atom is -0.384 e. The van der Waals surface area contributed by atoms with E-state index in [0.717, 1.165) is 37.1 Å². The first-order valence-electron chi connectivity index (χ1n) is 7.78. The summed E-state index contributed by atoms with van der Waals surface area (Å²) in [4.78, 5) is 6.82. The second-order valence-corrected chi connectivity index (χ2v) is 5.46. The van der Waals surface area contributed by atoms with Crippen LogP contribution in [0, 0.1) is 5.92 Å². The van der Waals surface area contributed by atoms with Gasteiger partial charge in [-0.15, -0.1) is 0 Å². The van der Waals surface area contributed by atoms with Crippen molar-refractivity contribution in [1.29, 1.82) is 0 Å². The highest BCUT2D eigenvalue weighted by molar-refractivity contribution is 5.48. The van der Waals surface area contributed by atoms with Crippen LogP contribution in [0.15, 0.2) is 18.3 Å². The van der Waals surface area contributed by atoms with Crippen molar-refractivity contribution >= 4 is 11.5 Å². The highest BCUT2D eigenvalue weighted by Crippen LogP contribution is 2.24. The number of rotatable bonds is 6. The quantitative estimate of drug-likeness (QED) is 0.841. The summed E-state index contributed by atoms with van der Waals surface area (Å²) in [6.45, 7) is 7.46. The van der Waals surface area contributed by atoms with Gasteiger partial charge in [0.15, 0.2) is 0 Å². The van der Waals surface area contributed by atoms with Gasteiger partial charge in [-0.2, -0.15) is 0 Å². The monoisotopic (exact) mass is 261 g/mol. The number of anilines is 2. The lowest BCUT2D eigenvalue weighted by Gasteiger charge is -2.23. The SMILES string of the molecule is CCN(CC)c1ccc(NCC2CCCCC2)cn1. The zero-order chi connectivity index (χ0) is 13.5. The van der Waals surface area contributed by atoms with Crippen LogP contribution in [0.25, 0.3) is 0 Å². The minimum atomic E-state index is 0.858. The highest BCUT2D eigenvalue weighted by Gasteiger charge is 2.12. The van der Waals surface area contributed by atoms with E-state index in [1.54, 1.807) is 0 Å². The van der Waals surface area contributed by atoms with Crippen LogP contribution in [0.3, 0.4) is 0 Å². The van der Waals surface area contributed by atoms with E-state index in [2.05, 4.69) is 41.2 Å². The number of aromatic nitrogens is 1. The second kappa shape index (κ2) is 7.37. The van der Waals surface area contributed by atoms with E-state index in [4.69, 9.17) is 0 Å². The third-order valence-electron chi connectivity index (χ3n) is 4.15. The Morgan fingerprint density at radius 3 is 2.47 bits per heavy atom. The molecule has 2 rings (SSSR count). The third kappa shape index (κ3) is 4.12. The zero-order valence-electron chi connectivity index (χ0n) is 12.4. The second-order valence-electron chi connectivity index (χ2n) is 5.46. The van der Waals surface area contributed by atoms with Crippen molar-refractivity contribution in [2.24, 2.45) is 5.92 Å². The summed E-state index contributed by atoms with van der Waals surface area (Å²) in [7, 11) is 0. The third-order valence-corrected chi connectivity index (χ3v) is 4.15. The predicted molar refractivity (Wildman–Crippen MR) is 82.9 cm³/mol. The molecule has 1 aromatic rings. The van der Waals surface area contributed by atoms with Crippen molar-refractivity contribution in [3.63, 3.8) is 0 Å². The first-order chi connectivity index (χ1) is 9.33. The predicted octanol–water partition coefficient (Wildman–Crippen LogP) is 3.92. The molecule has 0 aliphatic heterocycles. The van der Waals surface area contributed by atoms with Crippen molar-refractivity contribution in [3.8, 4) is 0 Å². The van der Waals surface area contributed by atoms with Gasteiger partial charge in [-0.3, -0.25) is 0 Å². The van der Waals surface area contributed by atoms with Gasteiger partial charge in [0, 0.05) is 19.6 Å². The molecule has 1 fully saturated rings. The number of nitrogens with zero attached hydrogens (tertiary/aromatic N) is 2. The summed E-state index contributed by atoms with van der Waals surface area (Å²) in [6.07, 6.45) is 8.99. The fourth-order valence-electron chi connectivity index (χ4n) is 2.88. The summed E-state index contributed by atoms with van der Waals surface area (Å²) in [5, 5.41) is 3.54. The van der Waals surface area contributed by atoms with Crippen LogP contribution in [-0.2, 0) is 0 Å². The largest absolute Gasteiger partial charge is 0.384 e. The molecule has 1 aliphatic rings. The summed E-state index contributed by atoms with van der Waals surface area (Å²) in [6, 6.07) is 4.28. The van der Waals surface area contributed by atoms with Crippen molar-refractivity contribution in [1.82, 2.24) is 4.98 Å². The summed E-state index contributed by atoms with van der Waals surface area (Å²) in [5.41, 5.74) is 1.15. The standard InChI is InChI=1S/C16H27N3/c1-3-19(4-2)16-11-10-15(13-18-16)17-12-14-8-6-5-7-9-14/h10-11,13-14,17H,3-9,12H2,1-2H3. The molecular weight excluding hydrogens is 234 g/mol.